The molecule has 0 aliphatic heterocycles. The predicted molar refractivity (Wildman–Crippen MR) is 46.3 cm³/mol. The first-order valence-corrected chi connectivity index (χ1v) is 3.55. The Kier molecular flexibility index (Phi) is 2.86. The fourth-order valence-electron chi connectivity index (χ4n) is 0.798. The summed E-state index contributed by atoms with van der Waals surface area (Å²) in [5.74, 6) is 0. The van der Waals surface area contributed by atoms with Gasteiger partial charge in [-0.15, -0.1) is 0 Å². The van der Waals surface area contributed by atoms with E-state index in [9.17, 15) is 4.79 Å². The van der Waals surface area contributed by atoms with Gasteiger partial charge in [0.25, 0.3) is 0 Å². The maximum atomic E-state index is 11.1. The molecule has 0 spiro atoms. The summed E-state index contributed by atoms with van der Waals surface area (Å²) in [7, 11) is 0. The molecule has 3 nitrogen and oxygen atoms in total. The maximum absolute atomic E-state index is 11.1. The molecule has 1 heterocycles. The van der Waals surface area contributed by atoms with Gasteiger partial charge in [0.05, 0.1) is 12.5 Å². The van der Waals surface area contributed by atoms with Crippen LogP contribution in [0.4, 0.5) is 0 Å². The number of hydrogen-bond acceptors (Lipinski definition) is 2. The highest BCUT2D eigenvalue weighted by molar-refractivity contribution is 5.47. The molecule has 1 aromatic rings. The Bertz CT molecular complexity index is 371. The van der Waals surface area contributed by atoms with Crippen molar-refractivity contribution >= 4 is 6.08 Å². The zero-order valence-electron chi connectivity index (χ0n) is 6.45. The highest BCUT2D eigenvalue weighted by atomic mass is 16.1. The summed E-state index contributed by atoms with van der Waals surface area (Å²) in [5.41, 5.74) is 0.538. The van der Waals surface area contributed by atoms with E-state index < -0.39 is 0 Å². The van der Waals surface area contributed by atoms with Crippen molar-refractivity contribution in [3.8, 4) is 6.07 Å². The summed E-state index contributed by atoms with van der Waals surface area (Å²) < 4.78 is 0. The molecule has 0 bridgehead atoms. The van der Waals surface area contributed by atoms with Gasteiger partial charge in [-0.3, -0.25) is 4.79 Å². The maximum Gasteiger partial charge on any atom is 0.188 e. The Morgan fingerprint density at radius 2 is 2.50 bits per heavy atom. The first-order chi connectivity index (χ1) is 5.84. The van der Waals surface area contributed by atoms with Crippen LogP contribution in [0.2, 0.25) is 0 Å². The molecule has 3 heteroatoms. The van der Waals surface area contributed by atoms with Crippen LogP contribution in [-0.4, -0.2) is 4.98 Å². The summed E-state index contributed by atoms with van der Waals surface area (Å²) in [6, 6.07) is 3.41. The van der Waals surface area contributed by atoms with E-state index in [1.807, 2.05) is 6.07 Å². The number of pyridine rings is 1. The van der Waals surface area contributed by atoms with E-state index >= 15 is 0 Å². The average molecular weight is 160 g/mol. The molecular weight excluding hydrogens is 152 g/mol. The van der Waals surface area contributed by atoms with Crippen LogP contribution in [0, 0.1) is 11.3 Å². The van der Waals surface area contributed by atoms with Gasteiger partial charge in [-0.25, -0.2) is 0 Å². The van der Waals surface area contributed by atoms with Gasteiger partial charge in [-0.05, 0) is 0 Å². The van der Waals surface area contributed by atoms with Gasteiger partial charge >= 0.3 is 0 Å². The lowest BCUT2D eigenvalue weighted by molar-refractivity contribution is 1.28. The van der Waals surface area contributed by atoms with Crippen molar-refractivity contribution in [3.63, 3.8) is 0 Å². The lowest BCUT2D eigenvalue weighted by Gasteiger charge is -1.88. The van der Waals surface area contributed by atoms with Gasteiger partial charge in [0.2, 0.25) is 0 Å². The molecule has 1 N–H and O–H groups in total. The number of nitrogens with one attached hydrogen (secondary N) is 1. The Morgan fingerprint density at radius 3 is 3.17 bits per heavy atom. The van der Waals surface area contributed by atoms with E-state index in [1.54, 1.807) is 24.5 Å². The minimum absolute atomic E-state index is 0.0389. The smallest absolute Gasteiger partial charge is 0.188 e. The zero-order chi connectivity index (χ0) is 8.81. The quantitative estimate of drug-likeness (QED) is 0.708. The van der Waals surface area contributed by atoms with Crippen LogP contribution in [0.3, 0.4) is 0 Å². The number of aromatic nitrogens is 1. The molecule has 60 valence electrons. The van der Waals surface area contributed by atoms with Crippen LogP contribution < -0.4 is 5.43 Å². The third-order valence-electron chi connectivity index (χ3n) is 1.36. The number of nitriles is 1. The number of hydrogen-bond donors (Lipinski definition) is 1. The van der Waals surface area contributed by atoms with E-state index in [2.05, 4.69) is 4.98 Å². The van der Waals surface area contributed by atoms with Gasteiger partial charge in [0.1, 0.15) is 0 Å². The fraction of sp³-hybridized carbons (Fsp3) is 0.111. The Morgan fingerprint density at radius 1 is 1.67 bits per heavy atom. The van der Waals surface area contributed by atoms with Crippen molar-refractivity contribution < 1.29 is 0 Å². The molecule has 1 rings (SSSR count). The Labute approximate surface area is 70.0 Å². The number of aromatic amines is 1. The molecule has 0 radical (unpaired) electrons. The molecule has 0 aromatic carbocycles. The van der Waals surface area contributed by atoms with Crippen LogP contribution in [0.5, 0.6) is 0 Å². The number of nitrogens with zero attached hydrogens (tertiary/aromatic N) is 1. The van der Waals surface area contributed by atoms with Crippen molar-refractivity contribution in [2.75, 3.05) is 0 Å². The second kappa shape index (κ2) is 4.14. The standard InChI is InChI=1S/C9H8N2O/c10-5-2-1-3-8-7-11-6-4-9(8)12/h1,3-4,6-7H,2H2,(H,11,12). The average Bonchev–Trinajstić information content (AvgIpc) is 2.09. The molecule has 12 heavy (non-hydrogen) atoms. The van der Waals surface area contributed by atoms with Gasteiger partial charge in [0.15, 0.2) is 5.43 Å². The molecule has 0 saturated heterocycles. The van der Waals surface area contributed by atoms with Crippen LogP contribution in [-0.2, 0) is 0 Å². The first-order valence-electron chi connectivity index (χ1n) is 3.55. The number of H-pyrrole nitrogens is 1. The summed E-state index contributed by atoms with van der Waals surface area (Å²) in [4.78, 5) is 13.9. The van der Waals surface area contributed by atoms with Crippen molar-refractivity contribution in [2.45, 2.75) is 6.42 Å². The lowest BCUT2D eigenvalue weighted by atomic mass is 10.2. The van der Waals surface area contributed by atoms with Crippen LogP contribution in [0.1, 0.15) is 12.0 Å². The molecule has 1 aromatic heterocycles. The third-order valence-corrected chi connectivity index (χ3v) is 1.36. The third kappa shape index (κ3) is 2.10. The van der Waals surface area contributed by atoms with E-state index in [0.29, 0.717) is 12.0 Å². The number of allylic oxidation sites excluding steroid dienone is 1. The monoisotopic (exact) mass is 160 g/mol. The largest absolute Gasteiger partial charge is 0.367 e. The van der Waals surface area contributed by atoms with Crippen molar-refractivity contribution in [1.82, 2.24) is 4.98 Å². The zero-order valence-corrected chi connectivity index (χ0v) is 6.45. The lowest BCUT2D eigenvalue weighted by Crippen LogP contribution is -2.01. The molecule has 0 aliphatic rings. The molecular formula is C9H8N2O. The van der Waals surface area contributed by atoms with Gasteiger partial charge in [0, 0.05) is 24.0 Å². The molecule has 0 unspecified atom stereocenters. The second-order valence-electron chi connectivity index (χ2n) is 2.23. The van der Waals surface area contributed by atoms with Gasteiger partial charge in [-0.2, -0.15) is 5.26 Å². The second-order valence-corrected chi connectivity index (χ2v) is 2.23. The SMILES string of the molecule is N#CCC=Cc1c[nH]ccc1=O. The Balaban J connectivity index is 2.84. The Hall–Kier alpha value is -1.82. The molecule has 0 atom stereocenters. The topological polar surface area (TPSA) is 56.6 Å². The fourth-order valence-corrected chi connectivity index (χ4v) is 0.798. The van der Waals surface area contributed by atoms with Crippen molar-refractivity contribution in [3.05, 3.63) is 40.3 Å². The normalized spacial score (nSPS) is 9.92. The summed E-state index contributed by atoms with van der Waals surface area (Å²) >= 11 is 0. The summed E-state index contributed by atoms with van der Waals surface area (Å²) in [6.45, 7) is 0. The number of rotatable bonds is 2. The van der Waals surface area contributed by atoms with Crippen LogP contribution in [0.15, 0.2) is 29.3 Å². The van der Waals surface area contributed by atoms with E-state index in [4.69, 9.17) is 5.26 Å². The summed E-state index contributed by atoms with van der Waals surface area (Å²) in [5, 5.41) is 8.23. The van der Waals surface area contributed by atoms with Crippen molar-refractivity contribution in [1.29, 1.82) is 5.26 Å². The minimum atomic E-state index is -0.0389. The van der Waals surface area contributed by atoms with E-state index in [0.717, 1.165) is 0 Å². The van der Waals surface area contributed by atoms with Gasteiger partial charge in [-0.1, -0.05) is 12.2 Å². The molecule has 0 aliphatic carbocycles. The highest BCUT2D eigenvalue weighted by Crippen LogP contribution is 1.92. The van der Waals surface area contributed by atoms with Crippen LogP contribution >= 0.6 is 0 Å². The highest BCUT2D eigenvalue weighted by Gasteiger charge is 1.89. The predicted octanol–water partition coefficient (Wildman–Crippen LogP) is 1.30. The minimum Gasteiger partial charge on any atom is -0.367 e. The molecule has 0 saturated carbocycles. The molecule has 0 fully saturated rings. The van der Waals surface area contributed by atoms with Crippen molar-refractivity contribution in [2.24, 2.45) is 0 Å². The molecule has 0 amide bonds. The first kappa shape index (κ1) is 8.28. The van der Waals surface area contributed by atoms with Gasteiger partial charge < -0.3 is 4.98 Å². The summed E-state index contributed by atoms with van der Waals surface area (Å²) in [6.07, 6.45) is 6.81. The van der Waals surface area contributed by atoms with E-state index in [1.165, 1.54) is 6.07 Å². The van der Waals surface area contributed by atoms with E-state index in [-0.39, 0.29) is 5.43 Å². The van der Waals surface area contributed by atoms with Crippen LogP contribution in [0.25, 0.3) is 6.08 Å².